The minimum absolute atomic E-state index is 0.795. The Morgan fingerprint density at radius 2 is 2.60 bits per heavy atom. The molecule has 0 aliphatic carbocycles. The summed E-state index contributed by atoms with van der Waals surface area (Å²) in [6.45, 7) is 0. The predicted molar refractivity (Wildman–Crippen MR) is 20.8 cm³/mol. The third kappa shape index (κ3) is 3.99. The number of allylic oxidation sites excluding steroid dienone is 1. The van der Waals surface area contributed by atoms with Crippen molar-refractivity contribution in [1.29, 1.82) is 0 Å². The monoisotopic (exact) mass is 129 g/mol. The molecule has 0 atom stereocenters. The Hall–Kier alpha value is -0.00714. The number of hydrogen-bond donors (Lipinski definition) is 0. The van der Waals surface area contributed by atoms with E-state index in [1.807, 2.05) is 16.5 Å². The van der Waals surface area contributed by atoms with Crippen LogP contribution in [0.25, 0.3) is 0 Å². The molecule has 0 saturated heterocycles. The van der Waals surface area contributed by atoms with Crippen LogP contribution in [0, 0.1) is 0 Å². The van der Waals surface area contributed by atoms with E-state index in [1.54, 1.807) is 5.94 Å². The van der Waals surface area contributed by atoms with Crippen LogP contribution in [0.5, 0.6) is 0 Å². The van der Waals surface area contributed by atoms with Crippen LogP contribution in [0.2, 0.25) is 5.25 Å². The van der Waals surface area contributed by atoms with Gasteiger partial charge in [-0.15, -0.1) is 0 Å². The topological polar surface area (TPSA) is 17.1 Å². The molecule has 1 nitrogen and oxygen atoms in total. The fraction of sp³-hybridized carbons (Fsp3) is 0.333. The average Bonchev–Trinajstić information content (AvgIpc) is 1.41. The van der Waals surface area contributed by atoms with Crippen LogP contribution in [-0.4, -0.2) is 22.5 Å². The number of rotatable bonds is 1. The first-order valence-corrected chi connectivity index (χ1v) is 2.74. The van der Waals surface area contributed by atoms with Crippen molar-refractivity contribution in [2.75, 3.05) is 0 Å². The fourth-order valence-electron chi connectivity index (χ4n) is 0.0417. The average molecular weight is 128 g/mol. The standard InChI is InChI=1S/C3H3GeO/c4-2-1-3-5/h1H,2H2. The summed E-state index contributed by atoms with van der Waals surface area (Å²) in [6, 6.07) is 0. The summed E-state index contributed by atoms with van der Waals surface area (Å²) >= 11 is 1.89. The SMILES string of the molecule is O=C=C[CH2][Ge]. The van der Waals surface area contributed by atoms with Gasteiger partial charge in [-0.2, -0.15) is 0 Å². The third-order valence-corrected chi connectivity index (χ3v) is 0.614. The molecule has 0 heterocycles. The summed E-state index contributed by atoms with van der Waals surface area (Å²) in [6.07, 6.45) is 1.44. The van der Waals surface area contributed by atoms with Gasteiger partial charge in [0.15, 0.2) is 0 Å². The summed E-state index contributed by atoms with van der Waals surface area (Å²) in [4.78, 5) is 9.22. The van der Waals surface area contributed by atoms with Crippen LogP contribution in [0.15, 0.2) is 6.08 Å². The van der Waals surface area contributed by atoms with Crippen molar-refractivity contribution in [1.82, 2.24) is 0 Å². The molecule has 0 aromatic rings. The Kier molecular flexibility index (Phi) is 3.99. The van der Waals surface area contributed by atoms with Gasteiger partial charge in [0.2, 0.25) is 0 Å². The molecule has 0 unspecified atom stereocenters. The van der Waals surface area contributed by atoms with E-state index >= 15 is 0 Å². The first-order chi connectivity index (χ1) is 2.41. The van der Waals surface area contributed by atoms with E-state index in [0.29, 0.717) is 0 Å². The van der Waals surface area contributed by atoms with E-state index in [0.717, 1.165) is 5.25 Å². The first-order valence-electron chi connectivity index (χ1n) is 1.25. The van der Waals surface area contributed by atoms with E-state index in [4.69, 9.17) is 0 Å². The Bertz CT molecular complexity index is 53.9. The quantitative estimate of drug-likeness (QED) is 0.357. The summed E-state index contributed by atoms with van der Waals surface area (Å²) in [5.41, 5.74) is 0. The zero-order chi connectivity index (χ0) is 4.12. The maximum atomic E-state index is 9.22. The van der Waals surface area contributed by atoms with Crippen molar-refractivity contribution in [3.05, 3.63) is 6.08 Å². The van der Waals surface area contributed by atoms with Crippen LogP contribution in [0.4, 0.5) is 0 Å². The normalized spacial score (nSPS) is 5.80. The first kappa shape index (κ1) is 4.99. The van der Waals surface area contributed by atoms with Crippen molar-refractivity contribution in [3.63, 3.8) is 0 Å². The molecule has 3 radical (unpaired) electrons. The maximum absolute atomic E-state index is 9.22. The van der Waals surface area contributed by atoms with E-state index in [2.05, 4.69) is 0 Å². The van der Waals surface area contributed by atoms with E-state index in [1.165, 1.54) is 6.08 Å². The minimum atomic E-state index is 0.795. The second-order valence-corrected chi connectivity index (χ2v) is 1.38. The van der Waals surface area contributed by atoms with Gasteiger partial charge >= 0.3 is 38.6 Å². The molecule has 0 saturated carbocycles. The van der Waals surface area contributed by atoms with Crippen molar-refractivity contribution in [2.45, 2.75) is 5.25 Å². The van der Waals surface area contributed by atoms with Gasteiger partial charge in [-0.25, -0.2) is 0 Å². The summed E-state index contributed by atoms with van der Waals surface area (Å²) in [7, 11) is 0. The molecule has 0 amide bonds. The molecule has 0 spiro atoms. The summed E-state index contributed by atoms with van der Waals surface area (Å²) in [5, 5.41) is 0.795. The molecule has 0 aromatic heterocycles. The van der Waals surface area contributed by atoms with Crippen molar-refractivity contribution in [2.24, 2.45) is 0 Å². The zero-order valence-electron chi connectivity index (χ0n) is 2.69. The molecule has 0 aliphatic rings. The predicted octanol–water partition coefficient (Wildman–Crippen LogP) is -0.0390. The van der Waals surface area contributed by atoms with Gasteiger partial charge in [0.05, 0.1) is 0 Å². The van der Waals surface area contributed by atoms with Crippen LogP contribution in [0.1, 0.15) is 0 Å². The molecule has 25 valence electrons. The number of hydrogen-bond acceptors (Lipinski definition) is 1. The third-order valence-electron chi connectivity index (χ3n) is 0.185. The number of carbonyl (C=O) groups excluding carboxylic acids is 1. The molecule has 5 heavy (non-hydrogen) atoms. The van der Waals surface area contributed by atoms with Crippen molar-refractivity contribution < 1.29 is 4.79 Å². The second kappa shape index (κ2) is 3.99. The van der Waals surface area contributed by atoms with Gasteiger partial charge in [0.1, 0.15) is 0 Å². The van der Waals surface area contributed by atoms with E-state index < -0.39 is 0 Å². The van der Waals surface area contributed by atoms with Gasteiger partial charge < -0.3 is 0 Å². The molecule has 0 bridgehead atoms. The Labute approximate surface area is 39.3 Å². The zero-order valence-corrected chi connectivity index (χ0v) is 4.79. The van der Waals surface area contributed by atoms with Gasteiger partial charge in [-0.1, -0.05) is 0 Å². The molecular formula is C3H3GeO. The van der Waals surface area contributed by atoms with Gasteiger partial charge in [0.25, 0.3) is 0 Å². The van der Waals surface area contributed by atoms with Gasteiger partial charge in [0, 0.05) is 0 Å². The summed E-state index contributed by atoms with van der Waals surface area (Å²) in [5.74, 6) is 1.64. The van der Waals surface area contributed by atoms with E-state index in [9.17, 15) is 4.79 Å². The Balaban J connectivity index is 2.93. The van der Waals surface area contributed by atoms with Crippen LogP contribution < -0.4 is 0 Å². The fourth-order valence-corrected chi connectivity index (χ4v) is 0.217. The molecule has 0 N–H and O–H groups in total. The molecule has 0 fully saturated rings. The van der Waals surface area contributed by atoms with Gasteiger partial charge in [-0.05, 0) is 0 Å². The van der Waals surface area contributed by atoms with Crippen LogP contribution in [-0.2, 0) is 4.79 Å². The van der Waals surface area contributed by atoms with Gasteiger partial charge in [-0.3, -0.25) is 0 Å². The van der Waals surface area contributed by atoms with Crippen molar-refractivity contribution >= 4 is 22.5 Å². The summed E-state index contributed by atoms with van der Waals surface area (Å²) < 4.78 is 0. The molecule has 0 aromatic carbocycles. The Morgan fingerprint density at radius 3 is 2.60 bits per heavy atom. The molecule has 0 aliphatic heterocycles. The molecule has 0 rings (SSSR count). The second-order valence-electron chi connectivity index (χ2n) is 0.526. The molecular weight excluding hydrogens is 125 g/mol. The van der Waals surface area contributed by atoms with Crippen LogP contribution >= 0.6 is 0 Å². The molecule has 2 heteroatoms. The van der Waals surface area contributed by atoms with Crippen molar-refractivity contribution in [3.8, 4) is 0 Å². The van der Waals surface area contributed by atoms with Crippen LogP contribution in [0.3, 0.4) is 0 Å². The van der Waals surface area contributed by atoms with E-state index in [-0.39, 0.29) is 0 Å². The Morgan fingerprint density at radius 1 is 2.00 bits per heavy atom.